The van der Waals surface area contributed by atoms with Crippen molar-refractivity contribution < 1.29 is 13.2 Å². The van der Waals surface area contributed by atoms with Gasteiger partial charge < -0.3 is 10.6 Å². The van der Waals surface area contributed by atoms with Gasteiger partial charge >= 0.3 is 6.18 Å². The molecule has 0 aliphatic rings. The van der Waals surface area contributed by atoms with Crippen molar-refractivity contribution in [3.8, 4) is 0 Å². The fourth-order valence-electron chi connectivity index (χ4n) is 2.23. The predicted octanol–water partition coefficient (Wildman–Crippen LogP) is 4.90. The second-order valence-corrected chi connectivity index (χ2v) is 5.69. The van der Waals surface area contributed by atoms with Crippen LogP contribution in [0.4, 0.5) is 30.6 Å². The van der Waals surface area contributed by atoms with Crippen LogP contribution in [0.15, 0.2) is 54.7 Å². The average Bonchev–Trinajstić information content (AvgIpc) is 2.61. The van der Waals surface area contributed by atoms with E-state index in [1.165, 1.54) is 24.4 Å². The summed E-state index contributed by atoms with van der Waals surface area (Å²) in [6, 6.07) is 12.4. The van der Waals surface area contributed by atoms with Gasteiger partial charge in [0.05, 0.1) is 17.4 Å². The minimum Gasteiger partial charge on any atom is -0.349 e. The molecule has 1 heterocycles. The van der Waals surface area contributed by atoms with Gasteiger partial charge in [-0.3, -0.25) is 0 Å². The molecule has 134 valence electrons. The van der Waals surface area contributed by atoms with Crippen LogP contribution < -0.4 is 10.6 Å². The van der Waals surface area contributed by atoms with Crippen LogP contribution in [0.3, 0.4) is 0 Å². The minimum atomic E-state index is -4.48. The van der Waals surface area contributed by atoms with E-state index in [2.05, 4.69) is 25.8 Å². The first-order chi connectivity index (χ1) is 12.4. The lowest BCUT2D eigenvalue weighted by Gasteiger charge is -2.14. The van der Waals surface area contributed by atoms with Crippen LogP contribution in [-0.2, 0) is 12.7 Å². The van der Waals surface area contributed by atoms with Crippen LogP contribution in [0, 0.1) is 0 Å². The number of rotatable bonds is 5. The number of benzene rings is 2. The van der Waals surface area contributed by atoms with Crippen LogP contribution >= 0.6 is 11.6 Å². The summed E-state index contributed by atoms with van der Waals surface area (Å²) < 4.78 is 39.2. The van der Waals surface area contributed by atoms with Crippen molar-refractivity contribution in [1.29, 1.82) is 0 Å². The Morgan fingerprint density at radius 2 is 1.73 bits per heavy atom. The summed E-state index contributed by atoms with van der Waals surface area (Å²) in [5.74, 6) is 0.303. The number of aromatic nitrogens is 3. The minimum absolute atomic E-state index is 0.113. The molecule has 0 amide bonds. The Hall–Kier alpha value is -2.87. The number of hydrogen-bond donors (Lipinski definition) is 2. The van der Waals surface area contributed by atoms with Gasteiger partial charge in [0, 0.05) is 11.6 Å². The van der Waals surface area contributed by atoms with Crippen molar-refractivity contribution >= 4 is 29.1 Å². The van der Waals surface area contributed by atoms with Crippen molar-refractivity contribution in [3.63, 3.8) is 0 Å². The Labute approximate surface area is 152 Å². The summed E-state index contributed by atoms with van der Waals surface area (Å²) in [5, 5.41) is 13.7. The standard InChI is InChI=1S/C17H13ClF3N5/c18-13-7-3-1-5-11(13)9-22-16-25-15(10-23-26-16)24-14-8-4-2-6-12(14)17(19,20)21/h1-8,10H,9H2,(H2,22,24,25,26). The van der Waals surface area contributed by atoms with Crippen molar-refractivity contribution in [2.75, 3.05) is 10.6 Å². The van der Waals surface area contributed by atoms with Gasteiger partial charge in [-0.15, -0.1) is 5.10 Å². The van der Waals surface area contributed by atoms with Gasteiger partial charge in [-0.05, 0) is 23.8 Å². The molecule has 0 bridgehead atoms. The van der Waals surface area contributed by atoms with Gasteiger partial charge in [-0.1, -0.05) is 41.9 Å². The molecule has 2 aromatic carbocycles. The fraction of sp³-hybridized carbons (Fsp3) is 0.118. The second-order valence-electron chi connectivity index (χ2n) is 5.28. The molecular weight excluding hydrogens is 367 g/mol. The van der Waals surface area contributed by atoms with Crippen LogP contribution in [0.25, 0.3) is 0 Å². The first-order valence-electron chi connectivity index (χ1n) is 7.54. The maximum absolute atomic E-state index is 13.1. The normalized spacial score (nSPS) is 11.2. The van der Waals surface area contributed by atoms with E-state index < -0.39 is 11.7 Å². The summed E-state index contributed by atoms with van der Waals surface area (Å²) in [5.41, 5.74) is -0.0692. The molecule has 0 fully saturated rings. The molecule has 2 N–H and O–H groups in total. The van der Waals surface area contributed by atoms with E-state index in [0.29, 0.717) is 11.6 Å². The molecule has 0 atom stereocenters. The van der Waals surface area contributed by atoms with Crippen molar-refractivity contribution in [1.82, 2.24) is 15.2 Å². The van der Waals surface area contributed by atoms with Crippen molar-refractivity contribution in [3.05, 3.63) is 70.9 Å². The molecule has 5 nitrogen and oxygen atoms in total. The highest BCUT2D eigenvalue weighted by molar-refractivity contribution is 6.31. The summed E-state index contributed by atoms with van der Waals surface area (Å²) in [6.07, 6.45) is -3.23. The predicted molar refractivity (Wildman–Crippen MR) is 93.3 cm³/mol. The third kappa shape index (κ3) is 4.40. The summed E-state index contributed by atoms with van der Waals surface area (Å²) in [6.45, 7) is 0.351. The number of hydrogen-bond acceptors (Lipinski definition) is 5. The molecule has 0 aliphatic carbocycles. The van der Waals surface area contributed by atoms with Crippen LogP contribution in [0.2, 0.25) is 5.02 Å². The van der Waals surface area contributed by atoms with Gasteiger partial charge in [0.25, 0.3) is 0 Å². The molecular formula is C17H13ClF3N5. The Bertz CT molecular complexity index is 901. The molecule has 0 saturated heterocycles. The lowest BCUT2D eigenvalue weighted by Crippen LogP contribution is -2.10. The summed E-state index contributed by atoms with van der Waals surface area (Å²) in [7, 11) is 0. The first kappa shape index (κ1) is 17.9. The van der Waals surface area contributed by atoms with E-state index in [4.69, 9.17) is 11.6 Å². The highest BCUT2D eigenvalue weighted by Crippen LogP contribution is 2.35. The van der Waals surface area contributed by atoms with Gasteiger partial charge in [-0.2, -0.15) is 23.3 Å². The van der Waals surface area contributed by atoms with Crippen LogP contribution in [0.1, 0.15) is 11.1 Å². The maximum atomic E-state index is 13.1. The topological polar surface area (TPSA) is 62.7 Å². The van der Waals surface area contributed by atoms with Gasteiger partial charge in [-0.25, -0.2) is 0 Å². The van der Waals surface area contributed by atoms with E-state index in [-0.39, 0.29) is 17.5 Å². The zero-order valence-corrected chi connectivity index (χ0v) is 14.0. The SMILES string of the molecule is FC(F)(F)c1ccccc1Nc1cnnc(NCc2ccccc2Cl)n1. The van der Waals surface area contributed by atoms with E-state index in [1.54, 1.807) is 6.07 Å². The molecule has 0 unspecified atom stereocenters. The largest absolute Gasteiger partial charge is 0.418 e. The van der Waals surface area contributed by atoms with Gasteiger partial charge in [0.1, 0.15) is 0 Å². The van der Waals surface area contributed by atoms with E-state index >= 15 is 0 Å². The van der Waals surface area contributed by atoms with E-state index in [0.717, 1.165) is 11.6 Å². The Morgan fingerprint density at radius 1 is 1.00 bits per heavy atom. The van der Waals surface area contributed by atoms with Crippen molar-refractivity contribution in [2.24, 2.45) is 0 Å². The molecule has 9 heteroatoms. The quantitative estimate of drug-likeness (QED) is 0.660. The molecule has 0 spiro atoms. The lowest BCUT2D eigenvalue weighted by molar-refractivity contribution is -0.136. The Balaban J connectivity index is 1.75. The van der Waals surface area contributed by atoms with Gasteiger partial charge in [0.2, 0.25) is 5.95 Å². The summed E-state index contributed by atoms with van der Waals surface area (Å²) in [4.78, 5) is 4.13. The number of para-hydroxylation sites is 1. The Kier molecular flexibility index (Phi) is 5.22. The monoisotopic (exact) mass is 379 g/mol. The summed E-state index contributed by atoms with van der Waals surface area (Å²) >= 11 is 6.07. The average molecular weight is 380 g/mol. The number of halogens is 4. The highest BCUT2D eigenvalue weighted by Gasteiger charge is 2.33. The fourth-order valence-corrected chi connectivity index (χ4v) is 2.43. The first-order valence-corrected chi connectivity index (χ1v) is 7.91. The van der Waals surface area contributed by atoms with E-state index in [9.17, 15) is 13.2 Å². The molecule has 3 rings (SSSR count). The smallest absolute Gasteiger partial charge is 0.349 e. The maximum Gasteiger partial charge on any atom is 0.418 e. The van der Waals surface area contributed by atoms with E-state index in [1.807, 2.05) is 18.2 Å². The number of alkyl halides is 3. The zero-order valence-electron chi connectivity index (χ0n) is 13.3. The molecule has 3 aromatic rings. The molecule has 0 saturated carbocycles. The number of nitrogens with zero attached hydrogens (tertiary/aromatic N) is 3. The van der Waals surface area contributed by atoms with Crippen LogP contribution in [-0.4, -0.2) is 15.2 Å². The molecule has 0 aliphatic heterocycles. The number of nitrogens with one attached hydrogen (secondary N) is 2. The van der Waals surface area contributed by atoms with Crippen LogP contribution in [0.5, 0.6) is 0 Å². The van der Waals surface area contributed by atoms with Crippen molar-refractivity contribution in [2.45, 2.75) is 12.7 Å². The molecule has 0 radical (unpaired) electrons. The third-order valence-electron chi connectivity index (χ3n) is 3.45. The highest BCUT2D eigenvalue weighted by atomic mass is 35.5. The Morgan fingerprint density at radius 3 is 2.50 bits per heavy atom. The number of anilines is 3. The molecule has 26 heavy (non-hydrogen) atoms. The lowest BCUT2D eigenvalue weighted by atomic mass is 10.1. The third-order valence-corrected chi connectivity index (χ3v) is 3.82. The van der Waals surface area contributed by atoms with Gasteiger partial charge in [0.15, 0.2) is 5.82 Å². The molecule has 1 aromatic heterocycles. The second kappa shape index (κ2) is 7.57. The zero-order chi connectivity index (χ0) is 18.6.